The molecule has 1 aliphatic heterocycles. The maximum absolute atomic E-state index is 6.12. The van der Waals surface area contributed by atoms with E-state index in [1.165, 1.54) is 25.9 Å². The number of hydrogen-bond acceptors (Lipinski definition) is 6. The number of fused-ring (bicyclic) bond motifs is 1. The van der Waals surface area contributed by atoms with E-state index in [-0.39, 0.29) is 0 Å². The molecular weight excluding hydrogens is 364 g/mol. The number of hydrogen-bond donors (Lipinski definition) is 1. The largest absolute Gasteiger partial charge is 0.436 e. The number of anilines is 1. The van der Waals surface area contributed by atoms with Crippen molar-refractivity contribution in [3.63, 3.8) is 0 Å². The van der Waals surface area contributed by atoms with Crippen molar-refractivity contribution in [3.8, 4) is 22.6 Å². The van der Waals surface area contributed by atoms with Gasteiger partial charge in [0.15, 0.2) is 5.58 Å². The Morgan fingerprint density at radius 2 is 1.90 bits per heavy atom. The summed E-state index contributed by atoms with van der Waals surface area (Å²) >= 11 is 0. The van der Waals surface area contributed by atoms with Crippen molar-refractivity contribution in [1.82, 2.24) is 24.6 Å². The van der Waals surface area contributed by atoms with Crippen molar-refractivity contribution in [2.24, 2.45) is 0 Å². The molecule has 2 N–H and O–H groups in total. The Morgan fingerprint density at radius 3 is 2.76 bits per heavy atom. The van der Waals surface area contributed by atoms with Crippen LogP contribution in [0.3, 0.4) is 0 Å². The van der Waals surface area contributed by atoms with E-state index in [0.29, 0.717) is 17.3 Å². The molecule has 4 aromatic rings. The molecule has 0 amide bonds. The van der Waals surface area contributed by atoms with Gasteiger partial charge in [-0.15, -0.1) is 0 Å². The minimum atomic E-state index is 0.401. The van der Waals surface area contributed by atoms with Gasteiger partial charge in [0, 0.05) is 30.1 Å². The zero-order chi connectivity index (χ0) is 19.6. The molecule has 3 aromatic heterocycles. The number of pyridine rings is 1. The van der Waals surface area contributed by atoms with Crippen LogP contribution in [0.4, 0.5) is 5.82 Å². The molecule has 148 valence electrons. The lowest BCUT2D eigenvalue weighted by Crippen LogP contribution is -2.21. The second-order valence-corrected chi connectivity index (χ2v) is 7.54. The van der Waals surface area contributed by atoms with Crippen molar-refractivity contribution >= 4 is 16.9 Å². The number of rotatable bonds is 6. The maximum atomic E-state index is 6.12. The van der Waals surface area contributed by atoms with Gasteiger partial charge in [-0.05, 0) is 57.1 Å². The highest BCUT2D eigenvalue weighted by atomic mass is 16.3. The molecular formula is C22H24N6O. The van der Waals surface area contributed by atoms with E-state index in [1.54, 1.807) is 6.20 Å². The fourth-order valence-corrected chi connectivity index (χ4v) is 3.89. The number of nitrogens with two attached hydrogens (primary N) is 1. The van der Waals surface area contributed by atoms with E-state index in [2.05, 4.69) is 26.2 Å². The Bertz CT molecular complexity index is 1090. The zero-order valence-electron chi connectivity index (χ0n) is 16.3. The summed E-state index contributed by atoms with van der Waals surface area (Å²) in [7, 11) is 0. The van der Waals surface area contributed by atoms with Gasteiger partial charge < -0.3 is 15.1 Å². The van der Waals surface area contributed by atoms with Crippen LogP contribution < -0.4 is 5.73 Å². The highest BCUT2D eigenvalue weighted by Gasteiger charge is 2.15. The monoisotopic (exact) mass is 388 g/mol. The smallest absolute Gasteiger partial charge is 0.231 e. The third-order valence-electron chi connectivity index (χ3n) is 5.47. The van der Waals surface area contributed by atoms with Crippen LogP contribution in [0.2, 0.25) is 0 Å². The number of para-hydroxylation sites is 2. The predicted octanol–water partition coefficient (Wildman–Crippen LogP) is 3.82. The standard InChI is InChI=1S/C22H24N6O/c23-21-18(22-26-19-6-1-2-7-20(19)29-22)12-16(13-24-21)17-14-25-28(15-17)11-5-10-27-8-3-4-9-27/h1-2,6-7,12-15H,3-5,8-11H2,(H2,23,24). The van der Waals surface area contributed by atoms with Gasteiger partial charge in [-0.1, -0.05) is 12.1 Å². The number of oxazole rings is 1. The molecule has 4 heterocycles. The van der Waals surface area contributed by atoms with E-state index in [9.17, 15) is 0 Å². The maximum Gasteiger partial charge on any atom is 0.231 e. The quantitative estimate of drug-likeness (QED) is 0.540. The average Bonchev–Trinajstić information content (AvgIpc) is 3.49. The fourth-order valence-electron chi connectivity index (χ4n) is 3.89. The summed E-state index contributed by atoms with van der Waals surface area (Å²) in [5, 5.41) is 4.52. The minimum Gasteiger partial charge on any atom is -0.436 e. The summed E-state index contributed by atoms with van der Waals surface area (Å²) in [6.45, 7) is 4.53. The molecule has 0 saturated carbocycles. The van der Waals surface area contributed by atoms with Crippen LogP contribution in [0.1, 0.15) is 19.3 Å². The first kappa shape index (κ1) is 17.9. The molecule has 0 aliphatic carbocycles. The zero-order valence-corrected chi connectivity index (χ0v) is 16.3. The Hall–Kier alpha value is -3.19. The lowest BCUT2D eigenvalue weighted by Gasteiger charge is -2.13. The molecule has 5 rings (SSSR count). The van der Waals surface area contributed by atoms with Gasteiger partial charge in [-0.3, -0.25) is 4.68 Å². The van der Waals surface area contributed by atoms with Crippen molar-refractivity contribution in [1.29, 1.82) is 0 Å². The second-order valence-electron chi connectivity index (χ2n) is 7.54. The number of aryl methyl sites for hydroxylation is 1. The topological polar surface area (TPSA) is 86.0 Å². The summed E-state index contributed by atoms with van der Waals surface area (Å²) in [6, 6.07) is 9.64. The molecule has 29 heavy (non-hydrogen) atoms. The van der Waals surface area contributed by atoms with E-state index in [1.807, 2.05) is 41.2 Å². The molecule has 7 heteroatoms. The van der Waals surface area contributed by atoms with Crippen molar-refractivity contribution < 1.29 is 4.42 Å². The molecule has 1 aliphatic rings. The van der Waals surface area contributed by atoms with Gasteiger partial charge in [0.1, 0.15) is 11.3 Å². The minimum absolute atomic E-state index is 0.401. The van der Waals surface area contributed by atoms with Crippen LogP contribution >= 0.6 is 0 Å². The van der Waals surface area contributed by atoms with Crippen molar-refractivity contribution in [3.05, 3.63) is 48.9 Å². The Kier molecular flexibility index (Phi) is 4.73. The first-order valence-electron chi connectivity index (χ1n) is 10.1. The normalized spacial score (nSPS) is 14.8. The molecule has 1 fully saturated rings. The third kappa shape index (κ3) is 3.73. The summed E-state index contributed by atoms with van der Waals surface area (Å²) in [6.07, 6.45) is 9.48. The van der Waals surface area contributed by atoms with E-state index in [0.717, 1.165) is 41.7 Å². The number of nitrogens with zero attached hydrogens (tertiary/aromatic N) is 5. The Balaban J connectivity index is 1.35. The van der Waals surface area contributed by atoms with Gasteiger partial charge in [0.2, 0.25) is 5.89 Å². The molecule has 0 unspecified atom stereocenters. The third-order valence-corrected chi connectivity index (χ3v) is 5.47. The van der Waals surface area contributed by atoms with Crippen LogP contribution in [0.25, 0.3) is 33.7 Å². The van der Waals surface area contributed by atoms with Crippen molar-refractivity contribution in [2.45, 2.75) is 25.8 Å². The van der Waals surface area contributed by atoms with E-state index < -0.39 is 0 Å². The van der Waals surface area contributed by atoms with E-state index in [4.69, 9.17) is 10.2 Å². The molecule has 0 atom stereocenters. The van der Waals surface area contributed by atoms with Crippen LogP contribution in [-0.4, -0.2) is 44.3 Å². The lowest BCUT2D eigenvalue weighted by molar-refractivity contribution is 0.322. The van der Waals surface area contributed by atoms with Gasteiger partial charge in [0.05, 0.1) is 11.8 Å². The van der Waals surface area contributed by atoms with Gasteiger partial charge in [-0.2, -0.15) is 5.10 Å². The predicted molar refractivity (Wildman–Crippen MR) is 113 cm³/mol. The average molecular weight is 388 g/mol. The van der Waals surface area contributed by atoms with Crippen LogP contribution in [0, 0.1) is 0 Å². The van der Waals surface area contributed by atoms with Crippen LogP contribution in [0.5, 0.6) is 0 Å². The first-order valence-corrected chi connectivity index (χ1v) is 10.1. The fraction of sp³-hybridized carbons (Fsp3) is 0.318. The molecule has 7 nitrogen and oxygen atoms in total. The second kappa shape index (κ2) is 7.67. The summed E-state index contributed by atoms with van der Waals surface area (Å²) < 4.78 is 7.88. The first-order chi connectivity index (χ1) is 14.3. The molecule has 1 aromatic carbocycles. The Labute approximate surface area is 169 Å². The summed E-state index contributed by atoms with van der Waals surface area (Å²) in [5.41, 5.74) is 10.3. The highest BCUT2D eigenvalue weighted by molar-refractivity contribution is 5.80. The van der Waals surface area contributed by atoms with Crippen LogP contribution in [-0.2, 0) is 6.54 Å². The molecule has 0 radical (unpaired) electrons. The number of nitrogen functional groups attached to an aromatic ring is 1. The number of aromatic nitrogens is 4. The number of likely N-dealkylation sites (tertiary alicyclic amines) is 1. The summed E-state index contributed by atoms with van der Waals surface area (Å²) in [4.78, 5) is 11.4. The Morgan fingerprint density at radius 1 is 1.03 bits per heavy atom. The highest BCUT2D eigenvalue weighted by Crippen LogP contribution is 2.31. The molecule has 0 bridgehead atoms. The SMILES string of the molecule is Nc1ncc(-c2cnn(CCCN3CCCC3)c2)cc1-c1nc2ccccc2o1. The van der Waals surface area contributed by atoms with Crippen molar-refractivity contribution in [2.75, 3.05) is 25.4 Å². The molecule has 0 spiro atoms. The lowest BCUT2D eigenvalue weighted by atomic mass is 10.1. The molecule has 1 saturated heterocycles. The van der Waals surface area contributed by atoms with Crippen LogP contribution in [0.15, 0.2) is 53.3 Å². The van der Waals surface area contributed by atoms with Gasteiger partial charge in [0.25, 0.3) is 0 Å². The number of benzene rings is 1. The summed E-state index contributed by atoms with van der Waals surface area (Å²) in [5.74, 6) is 0.884. The van der Waals surface area contributed by atoms with Gasteiger partial charge in [-0.25, -0.2) is 9.97 Å². The van der Waals surface area contributed by atoms with E-state index >= 15 is 0 Å². The van der Waals surface area contributed by atoms with Gasteiger partial charge >= 0.3 is 0 Å².